The third-order valence-corrected chi connectivity index (χ3v) is 6.30. The molecule has 168 valence electrons. The van der Waals surface area contributed by atoms with Crippen LogP contribution in [0.1, 0.15) is 37.8 Å². The van der Waals surface area contributed by atoms with Crippen LogP contribution in [-0.4, -0.2) is 20.4 Å². The van der Waals surface area contributed by atoms with E-state index in [4.69, 9.17) is 4.74 Å². The highest BCUT2D eigenvalue weighted by Crippen LogP contribution is 2.28. The summed E-state index contributed by atoms with van der Waals surface area (Å²) < 4.78 is 33.6. The summed E-state index contributed by atoms with van der Waals surface area (Å²) in [6.45, 7) is 7.81. The van der Waals surface area contributed by atoms with Crippen molar-refractivity contribution >= 4 is 27.3 Å². The predicted octanol–water partition coefficient (Wildman–Crippen LogP) is 5.33. The lowest BCUT2D eigenvalue weighted by Gasteiger charge is -2.19. The molecule has 3 aromatic carbocycles. The molecule has 0 aliphatic rings. The summed E-state index contributed by atoms with van der Waals surface area (Å²) >= 11 is 0. The molecule has 0 aliphatic carbocycles. The van der Waals surface area contributed by atoms with Gasteiger partial charge in [0.2, 0.25) is 0 Å². The van der Waals surface area contributed by atoms with Gasteiger partial charge in [-0.3, -0.25) is 9.52 Å². The van der Waals surface area contributed by atoms with E-state index in [2.05, 4.69) is 23.9 Å². The van der Waals surface area contributed by atoms with Gasteiger partial charge in [-0.1, -0.05) is 50.2 Å². The van der Waals surface area contributed by atoms with Gasteiger partial charge in [0, 0.05) is 5.69 Å². The number of hydrogen-bond acceptors (Lipinski definition) is 4. The summed E-state index contributed by atoms with van der Waals surface area (Å²) in [5.41, 5.74) is 2.90. The molecule has 0 bridgehead atoms. The Labute approximate surface area is 189 Å². The van der Waals surface area contributed by atoms with E-state index in [1.807, 2.05) is 25.1 Å². The zero-order valence-corrected chi connectivity index (χ0v) is 19.4. The number of ether oxygens (including phenoxy) is 1. The van der Waals surface area contributed by atoms with Gasteiger partial charge >= 0.3 is 0 Å². The second kappa shape index (κ2) is 9.87. The summed E-state index contributed by atoms with van der Waals surface area (Å²) in [5.74, 6) is 0.617. The second-order valence-corrected chi connectivity index (χ2v) is 9.63. The Bertz CT molecular complexity index is 1190. The number of benzene rings is 3. The highest BCUT2D eigenvalue weighted by atomic mass is 32.2. The molecule has 6 nitrogen and oxygen atoms in total. The van der Waals surface area contributed by atoms with Gasteiger partial charge in [-0.25, -0.2) is 8.42 Å². The largest absolute Gasteiger partial charge is 0.481 e. The number of rotatable bonds is 8. The van der Waals surface area contributed by atoms with Crippen LogP contribution in [-0.2, 0) is 14.8 Å². The SMILES string of the molecule is Cc1ccc(C(C)C)c(OC(C)C(=O)Nc2cccc(NS(=O)(=O)c3ccccc3)c2)c1. The molecular formula is C25H28N2O4S. The third-order valence-electron chi connectivity index (χ3n) is 4.90. The zero-order valence-electron chi connectivity index (χ0n) is 18.6. The Kier molecular flexibility index (Phi) is 7.20. The number of aryl methyl sites for hydroxylation is 1. The smallest absolute Gasteiger partial charge is 0.265 e. The van der Waals surface area contributed by atoms with E-state index in [0.717, 1.165) is 11.1 Å². The minimum atomic E-state index is -3.72. The Morgan fingerprint density at radius 1 is 0.875 bits per heavy atom. The molecule has 0 fully saturated rings. The van der Waals surface area contributed by atoms with Crippen LogP contribution in [0.25, 0.3) is 0 Å². The fourth-order valence-electron chi connectivity index (χ4n) is 3.18. The average molecular weight is 453 g/mol. The molecule has 32 heavy (non-hydrogen) atoms. The van der Waals surface area contributed by atoms with Crippen molar-refractivity contribution in [1.82, 2.24) is 0 Å². The van der Waals surface area contributed by atoms with Crippen molar-refractivity contribution in [2.24, 2.45) is 0 Å². The highest BCUT2D eigenvalue weighted by Gasteiger charge is 2.19. The Morgan fingerprint density at radius 3 is 2.25 bits per heavy atom. The number of amides is 1. The van der Waals surface area contributed by atoms with Gasteiger partial charge in [0.1, 0.15) is 5.75 Å². The van der Waals surface area contributed by atoms with Crippen LogP contribution in [0.3, 0.4) is 0 Å². The molecule has 3 rings (SSSR count). The predicted molar refractivity (Wildman–Crippen MR) is 128 cm³/mol. The molecule has 1 atom stereocenters. The Morgan fingerprint density at radius 2 is 1.56 bits per heavy atom. The normalized spacial score (nSPS) is 12.3. The lowest BCUT2D eigenvalue weighted by molar-refractivity contribution is -0.122. The van der Waals surface area contributed by atoms with Crippen LogP contribution < -0.4 is 14.8 Å². The fraction of sp³-hybridized carbons (Fsp3) is 0.240. The van der Waals surface area contributed by atoms with Crippen LogP contribution >= 0.6 is 0 Å². The molecule has 0 radical (unpaired) electrons. The zero-order chi connectivity index (χ0) is 23.3. The van der Waals surface area contributed by atoms with Gasteiger partial charge in [0.05, 0.1) is 10.6 Å². The molecule has 0 saturated carbocycles. The number of hydrogen-bond donors (Lipinski definition) is 2. The van der Waals surface area contributed by atoms with Crippen molar-refractivity contribution < 1.29 is 17.9 Å². The molecule has 0 aromatic heterocycles. The van der Waals surface area contributed by atoms with E-state index in [1.54, 1.807) is 49.4 Å². The van der Waals surface area contributed by atoms with E-state index >= 15 is 0 Å². The van der Waals surface area contributed by atoms with E-state index < -0.39 is 16.1 Å². The van der Waals surface area contributed by atoms with Crippen LogP contribution in [0.5, 0.6) is 5.75 Å². The highest BCUT2D eigenvalue weighted by molar-refractivity contribution is 7.92. The van der Waals surface area contributed by atoms with Crippen molar-refractivity contribution in [3.05, 3.63) is 83.9 Å². The molecule has 1 amide bonds. The maximum atomic E-state index is 12.7. The molecular weight excluding hydrogens is 424 g/mol. The first-order valence-corrected chi connectivity index (χ1v) is 11.9. The standard InChI is InChI=1S/C25H28N2O4S/c1-17(2)23-14-13-18(3)15-24(23)31-19(4)25(28)26-20-9-8-10-21(16-20)27-32(29,30)22-11-6-5-7-12-22/h5-17,19,27H,1-4H3,(H,26,28). The van der Waals surface area contributed by atoms with E-state index in [0.29, 0.717) is 17.1 Å². The number of anilines is 2. The van der Waals surface area contributed by atoms with Gasteiger partial charge in [-0.15, -0.1) is 0 Å². The lowest BCUT2D eigenvalue weighted by atomic mass is 10.0. The maximum Gasteiger partial charge on any atom is 0.265 e. The van der Waals surface area contributed by atoms with Crippen molar-refractivity contribution in [1.29, 1.82) is 0 Å². The van der Waals surface area contributed by atoms with Gasteiger partial charge in [0.25, 0.3) is 15.9 Å². The van der Waals surface area contributed by atoms with Crippen molar-refractivity contribution in [3.63, 3.8) is 0 Å². The van der Waals surface area contributed by atoms with Crippen LogP contribution in [0.2, 0.25) is 0 Å². The monoisotopic (exact) mass is 452 g/mol. The molecule has 0 heterocycles. The van der Waals surface area contributed by atoms with Gasteiger partial charge in [-0.05, 0) is 67.3 Å². The second-order valence-electron chi connectivity index (χ2n) is 7.94. The average Bonchev–Trinajstić information content (AvgIpc) is 2.74. The summed E-state index contributed by atoms with van der Waals surface area (Å²) in [6, 6.07) is 20.6. The van der Waals surface area contributed by atoms with E-state index in [1.165, 1.54) is 12.1 Å². The Hall–Kier alpha value is -3.32. The molecule has 0 aliphatic heterocycles. The first-order chi connectivity index (χ1) is 15.2. The molecule has 1 unspecified atom stereocenters. The first-order valence-electron chi connectivity index (χ1n) is 10.4. The summed E-state index contributed by atoms with van der Waals surface area (Å²) in [4.78, 5) is 12.9. The minimum absolute atomic E-state index is 0.163. The molecule has 7 heteroatoms. The number of nitrogens with one attached hydrogen (secondary N) is 2. The number of carbonyl (C=O) groups is 1. The Balaban J connectivity index is 1.70. The molecule has 0 saturated heterocycles. The third kappa shape index (κ3) is 5.88. The molecule has 2 N–H and O–H groups in total. The van der Waals surface area contributed by atoms with Crippen LogP contribution in [0.15, 0.2) is 77.7 Å². The van der Waals surface area contributed by atoms with Crippen molar-refractivity contribution in [2.75, 3.05) is 10.0 Å². The van der Waals surface area contributed by atoms with Gasteiger partial charge in [0.15, 0.2) is 6.10 Å². The van der Waals surface area contributed by atoms with Crippen LogP contribution in [0.4, 0.5) is 11.4 Å². The van der Waals surface area contributed by atoms with Crippen LogP contribution in [0, 0.1) is 6.92 Å². The summed E-state index contributed by atoms with van der Waals surface area (Å²) in [7, 11) is -3.72. The fourth-order valence-corrected chi connectivity index (χ4v) is 4.25. The quantitative estimate of drug-likeness (QED) is 0.484. The summed E-state index contributed by atoms with van der Waals surface area (Å²) in [5, 5.41) is 2.79. The van der Waals surface area contributed by atoms with E-state index in [9.17, 15) is 13.2 Å². The van der Waals surface area contributed by atoms with Crippen molar-refractivity contribution in [2.45, 2.75) is 44.6 Å². The molecule has 3 aromatic rings. The molecule has 0 spiro atoms. The van der Waals surface area contributed by atoms with Gasteiger partial charge in [-0.2, -0.15) is 0 Å². The maximum absolute atomic E-state index is 12.7. The number of sulfonamides is 1. The van der Waals surface area contributed by atoms with E-state index in [-0.39, 0.29) is 16.7 Å². The number of carbonyl (C=O) groups excluding carboxylic acids is 1. The van der Waals surface area contributed by atoms with Gasteiger partial charge < -0.3 is 10.1 Å². The lowest BCUT2D eigenvalue weighted by Crippen LogP contribution is -2.30. The first kappa shape index (κ1) is 23.3. The topological polar surface area (TPSA) is 84.5 Å². The minimum Gasteiger partial charge on any atom is -0.481 e. The van der Waals surface area contributed by atoms with Crippen molar-refractivity contribution in [3.8, 4) is 5.75 Å². The summed E-state index contributed by atoms with van der Waals surface area (Å²) in [6.07, 6.45) is -0.737.